The molecule has 6 rings (SSSR count). The monoisotopic (exact) mass is 509 g/mol. The molecule has 0 bridgehead atoms. The highest BCUT2D eigenvalue weighted by Crippen LogP contribution is 2.30. The van der Waals surface area contributed by atoms with Crippen LogP contribution in [-0.2, 0) is 13.0 Å². The number of nitrogens with zero attached hydrogens (tertiary/aromatic N) is 5. The van der Waals surface area contributed by atoms with E-state index < -0.39 is 0 Å². The molecule has 3 aromatic heterocycles. The summed E-state index contributed by atoms with van der Waals surface area (Å²) in [5.74, 6) is 1.14. The average molecular weight is 510 g/mol. The van der Waals surface area contributed by atoms with Crippen LogP contribution in [0.5, 0.6) is 0 Å². The number of rotatable bonds is 6. The Morgan fingerprint density at radius 2 is 1.73 bits per heavy atom. The summed E-state index contributed by atoms with van der Waals surface area (Å²) >= 11 is 1.83. The average Bonchev–Trinajstić information content (AvgIpc) is 3.53. The molecule has 188 valence electrons. The number of benzene rings is 2. The summed E-state index contributed by atoms with van der Waals surface area (Å²) in [6.45, 7) is 6.04. The van der Waals surface area contributed by atoms with Crippen LogP contribution in [0.2, 0.25) is 0 Å². The van der Waals surface area contributed by atoms with E-state index in [0.29, 0.717) is 18.7 Å². The molecule has 1 saturated heterocycles. The van der Waals surface area contributed by atoms with Gasteiger partial charge in [-0.15, -0.1) is 11.3 Å². The lowest BCUT2D eigenvalue weighted by Gasteiger charge is -2.36. The molecule has 1 amide bonds. The van der Waals surface area contributed by atoms with Crippen molar-refractivity contribution in [2.24, 2.45) is 0 Å². The molecule has 0 spiro atoms. The molecule has 37 heavy (non-hydrogen) atoms. The van der Waals surface area contributed by atoms with Crippen molar-refractivity contribution < 1.29 is 4.79 Å². The minimum absolute atomic E-state index is 0.0828. The minimum Gasteiger partial charge on any atom is -0.368 e. The van der Waals surface area contributed by atoms with Gasteiger partial charge in [0.15, 0.2) is 0 Å². The second kappa shape index (κ2) is 9.90. The van der Waals surface area contributed by atoms with Crippen LogP contribution in [-0.4, -0.2) is 53.4 Å². The first-order chi connectivity index (χ1) is 18.1. The van der Waals surface area contributed by atoms with Crippen LogP contribution >= 0.6 is 11.3 Å². The highest BCUT2D eigenvalue weighted by atomic mass is 32.1. The van der Waals surface area contributed by atoms with Gasteiger partial charge in [-0.3, -0.25) is 9.20 Å². The number of amides is 1. The lowest BCUT2D eigenvalue weighted by Crippen LogP contribution is -2.48. The molecular formula is C30H31N5OS. The van der Waals surface area contributed by atoms with Crippen molar-refractivity contribution in [2.45, 2.75) is 19.9 Å². The van der Waals surface area contributed by atoms with E-state index in [9.17, 15) is 4.79 Å². The number of fused-ring (bicyclic) bond motifs is 2. The largest absolute Gasteiger partial charge is 0.368 e. The maximum absolute atomic E-state index is 13.5. The van der Waals surface area contributed by atoms with Gasteiger partial charge in [0, 0.05) is 54.7 Å². The maximum atomic E-state index is 13.5. The van der Waals surface area contributed by atoms with Crippen molar-refractivity contribution >= 4 is 44.5 Å². The highest BCUT2D eigenvalue weighted by Gasteiger charge is 2.24. The number of thiophene rings is 1. The lowest BCUT2D eigenvalue weighted by atomic mass is 10.2. The number of aromatic nitrogens is 2. The van der Waals surface area contributed by atoms with Gasteiger partial charge in [-0.25, -0.2) is 4.98 Å². The molecule has 6 nitrogen and oxygen atoms in total. The van der Waals surface area contributed by atoms with Crippen molar-refractivity contribution in [1.82, 2.24) is 14.3 Å². The van der Waals surface area contributed by atoms with Gasteiger partial charge in [-0.2, -0.15) is 0 Å². The molecular weight excluding hydrogens is 478 g/mol. The summed E-state index contributed by atoms with van der Waals surface area (Å²) in [6, 6.07) is 25.1. The first kappa shape index (κ1) is 23.6. The second-order valence-corrected chi connectivity index (χ2v) is 10.8. The van der Waals surface area contributed by atoms with Gasteiger partial charge in [-0.1, -0.05) is 43.3 Å². The minimum atomic E-state index is 0.0828. The number of para-hydroxylation sites is 1. The van der Waals surface area contributed by atoms with E-state index in [2.05, 4.69) is 82.8 Å². The number of carbonyl (C=O) groups is 1. The topological polar surface area (TPSA) is 44.1 Å². The molecule has 1 fully saturated rings. The van der Waals surface area contributed by atoms with Crippen molar-refractivity contribution in [3.05, 3.63) is 95.1 Å². The summed E-state index contributed by atoms with van der Waals surface area (Å²) < 4.78 is 3.40. The predicted octanol–water partition coefficient (Wildman–Crippen LogP) is 5.71. The number of aryl methyl sites for hydroxylation is 1. The van der Waals surface area contributed by atoms with Crippen LogP contribution < -0.4 is 9.80 Å². The quantitative estimate of drug-likeness (QED) is 0.294. The van der Waals surface area contributed by atoms with Crippen LogP contribution in [0.15, 0.2) is 79.0 Å². The van der Waals surface area contributed by atoms with Crippen molar-refractivity contribution in [3.8, 4) is 0 Å². The van der Waals surface area contributed by atoms with Crippen LogP contribution in [0.25, 0.3) is 15.7 Å². The van der Waals surface area contributed by atoms with Crippen molar-refractivity contribution in [3.63, 3.8) is 0 Å². The summed E-state index contributed by atoms with van der Waals surface area (Å²) in [5, 5.41) is 1.28. The van der Waals surface area contributed by atoms with Gasteiger partial charge in [-0.05, 0) is 48.2 Å². The molecule has 7 heteroatoms. The zero-order chi connectivity index (χ0) is 25.4. The molecule has 2 aromatic carbocycles. The van der Waals surface area contributed by atoms with Crippen LogP contribution in [0.4, 0.5) is 11.5 Å². The van der Waals surface area contributed by atoms with Gasteiger partial charge < -0.3 is 14.7 Å². The van der Waals surface area contributed by atoms with Gasteiger partial charge >= 0.3 is 0 Å². The Hall–Kier alpha value is -3.84. The molecule has 4 heterocycles. The molecule has 0 radical (unpaired) electrons. The Labute approximate surface area is 221 Å². The van der Waals surface area contributed by atoms with Crippen LogP contribution in [0, 0.1) is 0 Å². The van der Waals surface area contributed by atoms with Gasteiger partial charge in [0.25, 0.3) is 5.91 Å². The number of carbonyl (C=O) groups excluding carboxylic acids is 1. The third kappa shape index (κ3) is 4.55. The molecule has 1 aliphatic rings. The molecule has 0 aliphatic carbocycles. The maximum Gasteiger partial charge on any atom is 0.255 e. The van der Waals surface area contributed by atoms with Crippen molar-refractivity contribution in [2.75, 3.05) is 43.0 Å². The molecule has 0 N–H and O–H groups in total. The van der Waals surface area contributed by atoms with Crippen LogP contribution in [0.1, 0.15) is 27.9 Å². The number of hydrogen-bond donors (Lipinski definition) is 0. The fourth-order valence-corrected chi connectivity index (χ4v) is 6.38. The van der Waals surface area contributed by atoms with E-state index in [-0.39, 0.29) is 5.91 Å². The standard InChI is InChI=1S/C30H31N5OS/c1-3-26-29(32(2)21-25-19-22-9-7-8-12-27(22)37-25)35-20-23(13-14-28(35)31-26)30(36)34-17-15-33(16-18-34)24-10-5-4-6-11-24/h4-14,19-20H,3,15-18,21H2,1-2H3. The zero-order valence-electron chi connectivity index (χ0n) is 21.3. The summed E-state index contributed by atoms with van der Waals surface area (Å²) in [7, 11) is 2.12. The van der Waals surface area contributed by atoms with Crippen LogP contribution in [0.3, 0.4) is 0 Å². The van der Waals surface area contributed by atoms with E-state index in [1.165, 1.54) is 20.7 Å². The zero-order valence-corrected chi connectivity index (χ0v) is 22.1. The fourth-order valence-electron chi connectivity index (χ4n) is 5.26. The van der Waals surface area contributed by atoms with Gasteiger partial charge in [0.1, 0.15) is 11.5 Å². The number of hydrogen-bond acceptors (Lipinski definition) is 5. The second-order valence-electron chi connectivity index (χ2n) is 9.60. The molecule has 0 unspecified atom stereocenters. The number of pyridine rings is 1. The molecule has 5 aromatic rings. The van der Waals surface area contributed by atoms with E-state index in [0.717, 1.165) is 43.2 Å². The Morgan fingerprint density at radius 3 is 2.49 bits per heavy atom. The molecule has 0 saturated carbocycles. The summed E-state index contributed by atoms with van der Waals surface area (Å²) in [4.78, 5) is 26.3. The number of imidazole rings is 1. The summed E-state index contributed by atoms with van der Waals surface area (Å²) in [6.07, 6.45) is 2.81. The van der Waals surface area contributed by atoms with E-state index in [4.69, 9.17) is 4.98 Å². The number of piperazine rings is 1. The molecule has 0 atom stereocenters. The first-order valence-corrected chi connectivity index (χ1v) is 13.7. The highest BCUT2D eigenvalue weighted by molar-refractivity contribution is 7.19. The van der Waals surface area contributed by atoms with Gasteiger partial charge in [0.05, 0.1) is 17.8 Å². The first-order valence-electron chi connectivity index (χ1n) is 12.9. The number of anilines is 2. The van der Waals surface area contributed by atoms with E-state index in [1.807, 2.05) is 40.6 Å². The van der Waals surface area contributed by atoms with Gasteiger partial charge in [0.2, 0.25) is 0 Å². The third-order valence-electron chi connectivity index (χ3n) is 7.16. The fraction of sp³-hybridized carbons (Fsp3) is 0.267. The Bertz CT molecular complexity index is 1520. The SMILES string of the molecule is CCc1nc2ccc(C(=O)N3CCN(c4ccccc4)CC3)cn2c1N(C)Cc1cc2ccccc2s1. The lowest BCUT2D eigenvalue weighted by molar-refractivity contribution is 0.0746. The smallest absolute Gasteiger partial charge is 0.255 e. The predicted molar refractivity (Wildman–Crippen MR) is 153 cm³/mol. The normalized spacial score (nSPS) is 14.0. The Morgan fingerprint density at radius 1 is 0.973 bits per heavy atom. The van der Waals surface area contributed by atoms with E-state index in [1.54, 1.807) is 0 Å². The van der Waals surface area contributed by atoms with E-state index >= 15 is 0 Å². The summed E-state index contributed by atoms with van der Waals surface area (Å²) in [5.41, 5.74) is 3.84. The Kier molecular flexibility index (Phi) is 6.30. The van der Waals surface area contributed by atoms with Crippen molar-refractivity contribution in [1.29, 1.82) is 0 Å². The third-order valence-corrected chi connectivity index (χ3v) is 8.26. The Balaban J connectivity index is 1.24. The molecule has 1 aliphatic heterocycles.